The van der Waals surface area contributed by atoms with Crippen LogP contribution >= 0.6 is 15.9 Å². The lowest BCUT2D eigenvalue weighted by Crippen LogP contribution is -2.52. The quantitative estimate of drug-likeness (QED) is 0.225. The molecule has 0 aromatic heterocycles. The first kappa shape index (κ1) is 33.3. The summed E-state index contributed by atoms with van der Waals surface area (Å²) in [6, 6.07) is 22.3. The molecule has 3 aromatic rings. The van der Waals surface area contributed by atoms with Crippen LogP contribution in [0.5, 0.6) is 0 Å². The van der Waals surface area contributed by atoms with Gasteiger partial charge in [-0.05, 0) is 74.1 Å². The van der Waals surface area contributed by atoms with E-state index in [1.165, 1.54) is 10.6 Å². The van der Waals surface area contributed by atoms with Crippen LogP contribution in [0.4, 0.5) is 5.69 Å². The van der Waals surface area contributed by atoms with Gasteiger partial charge in [-0.1, -0.05) is 77.5 Å². The maximum absolute atomic E-state index is 14.0. The minimum Gasteiger partial charge on any atom is -0.352 e. The van der Waals surface area contributed by atoms with E-state index in [0.717, 1.165) is 33.1 Å². The summed E-state index contributed by atoms with van der Waals surface area (Å²) in [5, 5.41) is 3.08. The SMILES string of the molecule is CC[C@H](C)NC(=O)[C@@H](Cc1ccccc1)N(Cc1ccc(Br)cc1)C(=O)CCCN(c1cc(C)ccc1C)S(C)(=O)=O. The number of hydrogen-bond donors (Lipinski definition) is 1. The van der Waals surface area contributed by atoms with Crippen LogP contribution in [0, 0.1) is 13.8 Å². The standard InChI is InChI=1S/C33H42BrN3O4S/c1-6-26(4)35-33(39)31(22-27-11-8-7-9-12-27)36(23-28-16-18-29(34)19-17-28)32(38)13-10-20-37(42(5,40)41)30-21-24(2)14-15-25(30)3/h7-9,11-12,14-19,21,26,31H,6,10,13,20,22-23H2,1-5H3,(H,35,39)/t26-,31+/m0/s1. The number of anilines is 1. The van der Waals surface area contributed by atoms with Gasteiger partial charge in [-0.15, -0.1) is 0 Å². The van der Waals surface area contributed by atoms with Crippen LogP contribution in [-0.4, -0.2) is 50.0 Å². The first-order valence-electron chi connectivity index (χ1n) is 14.3. The Morgan fingerprint density at radius 3 is 2.24 bits per heavy atom. The van der Waals surface area contributed by atoms with Crippen molar-refractivity contribution in [2.75, 3.05) is 17.1 Å². The molecular weight excluding hydrogens is 614 g/mol. The van der Waals surface area contributed by atoms with Crippen LogP contribution in [-0.2, 0) is 32.6 Å². The highest BCUT2D eigenvalue weighted by molar-refractivity contribution is 9.10. The molecule has 0 aliphatic carbocycles. The highest BCUT2D eigenvalue weighted by atomic mass is 79.9. The zero-order valence-electron chi connectivity index (χ0n) is 25.1. The van der Waals surface area contributed by atoms with Gasteiger partial charge < -0.3 is 10.2 Å². The molecule has 0 saturated carbocycles. The second kappa shape index (κ2) is 15.3. The summed E-state index contributed by atoms with van der Waals surface area (Å²) in [6.07, 6.45) is 2.72. The van der Waals surface area contributed by atoms with E-state index in [0.29, 0.717) is 18.5 Å². The number of benzene rings is 3. The number of carbonyl (C=O) groups excluding carboxylic acids is 2. The van der Waals surface area contributed by atoms with Crippen molar-refractivity contribution in [2.24, 2.45) is 0 Å². The number of hydrogen-bond acceptors (Lipinski definition) is 4. The van der Waals surface area contributed by atoms with E-state index in [4.69, 9.17) is 0 Å². The topological polar surface area (TPSA) is 86.8 Å². The van der Waals surface area contributed by atoms with Gasteiger partial charge in [0.15, 0.2) is 0 Å². The predicted molar refractivity (Wildman–Crippen MR) is 174 cm³/mol. The van der Waals surface area contributed by atoms with Crippen LogP contribution in [0.1, 0.15) is 55.4 Å². The van der Waals surface area contributed by atoms with E-state index in [-0.39, 0.29) is 37.4 Å². The molecular formula is C33H42BrN3O4S. The van der Waals surface area contributed by atoms with Crippen molar-refractivity contribution >= 4 is 43.5 Å². The smallest absolute Gasteiger partial charge is 0.243 e. The number of carbonyl (C=O) groups is 2. The summed E-state index contributed by atoms with van der Waals surface area (Å²) in [6.45, 7) is 8.16. The Morgan fingerprint density at radius 1 is 0.952 bits per heavy atom. The van der Waals surface area contributed by atoms with Crippen molar-refractivity contribution in [1.82, 2.24) is 10.2 Å². The van der Waals surface area contributed by atoms with E-state index >= 15 is 0 Å². The Labute approximate surface area is 259 Å². The van der Waals surface area contributed by atoms with Gasteiger partial charge in [-0.25, -0.2) is 8.42 Å². The third-order valence-corrected chi connectivity index (χ3v) is 9.03. The van der Waals surface area contributed by atoms with Gasteiger partial charge in [0.2, 0.25) is 21.8 Å². The molecule has 0 fully saturated rings. The highest BCUT2D eigenvalue weighted by Crippen LogP contribution is 2.25. The highest BCUT2D eigenvalue weighted by Gasteiger charge is 2.31. The van der Waals surface area contributed by atoms with Gasteiger partial charge in [0.05, 0.1) is 11.9 Å². The third-order valence-electron chi connectivity index (χ3n) is 7.32. The fourth-order valence-corrected chi connectivity index (χ4v) is 6.03. The molecule has 2 amide bonds. The van der Waals surface area contributed by atoms with Crippen molar-refractivity contribution in [3.63, 3.8) is 0 Å². The summed E-state index contributed by atoms with van der Waals surface area (Å²) in [7, 11) is -3.58. The van der Waals surface area contributed by atoms with Gasteiger partial charge in [0.1, 0.15) is 6.04 Å². The molecule has 0 bridgehead atoms. The molecule has 0 unspecified atom stereocenters. The summed E-state index contributed by atoms with van der Waals surface area (Å²) in [5.41, 5.74) is 4.27. The average Bonchev–Trinajstić information content (AvgIpc) is 2.95. The predicted octanol–water partition coefficient (Wildman–Crippen LogP) is 6.17. The van der Waals surface area contributed by atoms with Crippen LogP contribution < -0.4 is 9.62 Å². The zero-order chi connectivity index (χ0) is 30.9. The first-order chi connectivity index (χ1) is 19.9. The lowest BCUT2D eigenvalue weighted by Gasteiger charge is -2.33. The summed E-state index contributed by atoms with van der Waals surface area (Å²) in [4.78, 5) is 29.3. The van der Waals surface area contributed by atoms with Gasteiger partial charge in [0.25, 0.3) is 0 Å². The second-order valence-corrected chi connectivity index (χ2v) is 13.7. The molecule has 0 aliphatic heterocycles. The largest absolute Gasteiger partial charge is 0.352 e. The molecule has 0 saturated heterocycles. The molecule has 2 atom stereocenters. The Bertz CT molecular complexity index is 1450. The Balaban J connectivity index is 1.90. The Hall–Kier alpha value is -3.17. The normalized spacial score (nSPS) is 12.8. The maximum atomic E-state index is 14.0. The average molecular weight is 657 g/mol. The summed E-state index contributed by atoms with van der Waals surface area (Å²) in [5.74, 6) is -0.403. The number of sulfonamides is 1. The molecule has 0 radical (unpaired) electrons. The summed E-state index contributed by atoms with van der Waals surface area (Å²) >= 11 is 3.47. The van der Waals surface area contributed by atoms with Gasteiger partial charge >= 0.3 is 0 Å². The first-order valence-corrected chi connectivity index (χ1v) is 17.0. The number of nitrogens with zero attached hydrogens (tertiary/aromatic N) is 2. The molecule has 0 aliphatic rings. The van der Waals surface area contributed by atoms with Crippen molar-refractivity contribution in [1.29, 1.82) is 0 Å². The Kier molecular flexibility index (Phi) is 12.2. The van der Waals surface area contributed by atoms with Crippen molar-refractivity contribution < 1.29 is 18.0 Å². The minimum absolute atomic E-state index is 0.0405. The number of halogens is 1. The molecule has 42 heavy (non-hydrogen) atoms. The summed E-state index contributed by atoms with van der Waals surface area (Å²) < 4.78 is 27.9. The molecule has 3 aromatic carbocycles. The van der Waals surface area contributed by atoms with E-state index in [9.17, 15) is 18.0 Å². The maximum Gasteiger partial charge on any atom is 0.243 e. The van der Waals surface area contributed by atoms with Crippen molar-refractivity contribution in [3.8, 4) is 0 Å². The molecule has 3 rings (SSSR count). The van der Waals surface area contributed by atoms with Crippen molar-refractivity contribution in [3.05, 3.63) is 99.5 Å². The fourth-order valence-electron chi connectivity index (χ4n) is 4.75. The molecule has 1 N–H and O–H groups in total. The van der Waals surface area contributed by atoms with E-state index in [1.54, 1.807) is 4.90 Å². The molecule has 9 heteroatoms. The van der Waals surface area contributed by atoms with Crippen molar-refractivity contribution in [2.45, 2.75) is 72.0 Å². The van der Waals surface area contributed by atoms with Crippen LogP contribution in [0.2, 0.25) is 0 Å². The molecule has 7 nitrogen and oxygen atoms in total. The van der Waals surface area contributed by atoms with Gasteiger partial charge in [-0.2, -0.15) is 0 Å². The lowest BCUT2D eigenvalue weighted by molar-refractivity contribution is -0.141. The lowest BCUT2D eigenvalue weighted by atomic mass is 10.0. The molecule has 226 valence electrons. The number of rotatable bonds is 14. The van der Waals surface area contributed by atoms with E-state index in [1.807, 2.05) is 100 Å². The molecule has 0 spiro atoms. The van der Waals surface area contributed by atoms with Crippen LogP contribution in [0.15, 0.2) is 77.3 Å². The van der Waals surface area contributed by atoms with Crippen LogP contribution in [0.25, 0.3) is 0 Å². The second-order valence-electron chi connectivity index (χ2n) is 10.9. The van der Waals surface area contributed by atoms with E-state index < -0.39 is 16.1 Å². The number of nitrogens with one attached hydrogen (secondary N) is 1. The van der Waals surface area contributed by atoms with E-state index in [2.05, 4.69) is 21.2 Å². The number of amides is 2. The van der Waals surface area contributed by atoms with Gasteiger partial charge in [0, 0.05) is 36.4 Å². The monoisotopic (exact) mass is 655 g/mol. The third kappa shape index (κ3) is 9.70. The van der Waals surface area contributed by atoms with Gasteiger partial charge in [-0.3, -0.25) is 13.9 Å². The van der Waals surface area contributed by atoms with Crippen LogP contribution in [0.3, 0.4) is 0 Å². The minimum atomic E-state index is -3.58. The molecule has 0 heterocycles. The zero-order valence-corrected chi connectivity index (χ0v) is 27.5. The number of aryl methyl sites for hydroxylation is 2. The Morgan fingerprint density at radius 2 is 1.62 bits per heavy atom. The fraction of sp³-hybridized carbons (Fsp3) is 0.394.